The summed E-state index contributed by atoms with van der Waals surface area (Å²) in [7, 11) is 0. The number of nitro benzene ring substituents is 1. The Hall–Kier alpha value is -1.12. The van der Waals surface area contributed by atoms with Crippen LogP contribution in [0.3, 0.4) is 0 Å². The molecule has 0 spiro atoms. The van der Waals surface area contributed by atoms with E-state index in [1.54, 1.807) is 0 Å². The Morgan fingerprint density at radius 2 is 1.90 bits per heavy atom. The normalized spacial score (nSPS) is 23.8. The lowest BCUT2D eigenvalue weighted by molar-refractivity contribution is -0.384. The molecule has 1 N–H and O–H groups in total. The zero-order valence-electron chi connectivity index (χ0n) is 15.9. The highest BCUT2D eigenvalue weighted by Gasteiger charge is 2.38. The average Bonchev–Trinajstić information content (AvgIpc) is 2.70. The Balaban J connectivity index is 1.62. The van der Waals surface area contributed by atoms with Crippen LogP contribution < -0.4 is 5.32 Å². The first-order valence-electron chi connectivity index (χ1n) is 9.73. The minimum Gasteiger partial charge on any atom is -0.354 e. The van der Waals surface area contributed by atoms with Gasteiger partial charge in [-0.15, -0.1) is 0 Å². The Labute approximate surface area is 184 Å². The third-order valence-electron chi connectivity index (χ3n) is 5.61. The number of rotatable bonds is 6. The van der Waals surface area contributed by atoms with E-state index in [1.807, 2.05) is 0 Å². The molecule has 0 aliphatic carbocycles. The number of benzene rings is 1. The molecule has 3 rings (SSSR count). The quantitative estimate of drug-likeness (QED) is 0.294. The molecule has 2 aliphatic heterocycles. The van der Waals surface area contributed by atoms with Gasteiger partial charge in [0.25, 0.3) is 11.6 Å². The predicted octanol–water partition coefficient (Wildman–Crippen LogP) is 4.30. The summed E-state index contributed by atoms with van der Waals surface area (Å²) in [6.07, 6.45) is 4.60. The third kappa shape index (κ3) is 5.95. The molecule has 0 bridgehead atoms. The van der Waals surface area contributed by atoms with Crippen molar-refractivity contribution < 1.29 is 14.5 Å². The summed E-state index contributed by atoms with van der Waals surface area (Å²) in [5.74, 6) is -0.200. The van der Waals surface area contributed by atoms with Crippen LogP contribution in [0.1, 0.15) is 42.5 Å². The smallest absolute Gasteiger partial charge is 0.269 e. The van der Waals surface area contributed by atoms with Crippen LogP contribution in [0.25, 0.3) is 0 Å². The van der Waals surface area contributed by atoms with E-state index in [1.165, 1.54) is 37.1 Å². The molecule has 29 heavy (non-hydrogen) atoms. The fraction of sp³-hybridized carbons (Fsp3) is 0.632. The van der Waals surface area contributed by atoms with Gasteiger partial charge in [0.05, 0.1) is 11.5 Å². The van der Waals surface area contributed by atoms with Crippen molar-refractivity contribution in [2.75, 3.05) is 19.7 Å². The molecule has 160 valence electrons. The molecule has 2 fully saturated rings. The number of ether oxygens (including phenoxy) is 1. The second kappa shape index (κ2) is 9.79. The summed E-state index contributed by atoms with van der Waals surface area (Å²) < 4.78 is 4.04. The van der Waals surface area contributed by atoms with Crippen LogP contribution in [0.2, 0.25) is 0 Å². The number of carbonyl (C=O) groups is 1. The molecule has 1 aromatic rings. The standard InChI is InChI=1S/C19H24Cl3N3O4/c20-19(21,22)18(23-17(26)13-6-8-15(9-7-13)25(27)28)29-12-14-4-3-11-24-10-2-1-5-16(14)24/h6-9,14,16,18H,1-5,10-12H2,(H,23,26)/t14-,16-,18+/m0/s1. The van der Waals surface area contributed by atoms with Crippen molar-refractivity contribution in [3.8, 4) is 0 Å². The Morgan fingerprint density at radius 3 is 2.55 bits per heavy atom. The molecule has 3 atom stereocenters. The molecule has 0 radical (unpaired) electrons. The van der Waals surface area contributed by atoms with Gasteiger partial charge < -0.3 is 15.0 Å². The van der Waals surface area contributed by atoms with Crippen LogP contribution in [0, 0.1) is 16.0 Å². The number of fused-ring (bicyclic) bond motifs is 1. The highest BCUT2D eigenvalue weighted by atomic mass is 35.6. The van der Waals surface area contributed by atoms with Crippen molar-refractivity contribution in [1.82, 2.24) is 10.2 Å². The van der Waals surface area contributed by atoms with Crippen molar-refractivity contribution in [3.05, 3.63) is 39.9 Å². The molecular weight excluding hydrogens is 441 g/mol. The number of carbonyl (C=O) groups excluding carboxylic acids is 1. The number of amides is 1. The predicted molar refractivity (Wildman–Crippen MR) is 113 cm³/mol. The van der Waals surface area contributed by atoms with Gasteiger partial charge in [-0.2, -0.15) is 0 Å². The van der Waals surface area contributed by atoms with E-state index in [9.17, 15) is 14.9 Å². The summed E-state index contributed by atoms with van der Waals surface area (Å²) in [4.78, 5) is 25.3. The van der Waals surface area contributed by atoms with Gasteiger partial charge in [-0.3, -0.25) is 14.9 Å². The molecule has 7 nitrogen and oxygen atoms in total. The van der Waals surface area contributed by atoms with E-state index in [4.69, 9.17) is 39.5 Å². The molecule has 2 aliphatic rings. The molecule has 10 heteroatoms. The largest absolute Gasteiger partial charge is 0.354 e. The number of nitro groups is 1. The molecule has 0 aromatic heterocycles. The topological polar surface area (TPSA) is 84.7 Å². The number of non-ortho nitro benzene ring substituents is 1. The molecule has 0 unspecified atom stereocenters. The fourth-order valence-corrected chi connectivity index (χ4v) is 4.50. The highest BCUT2D eigenvalue weighted by Crippen LogP contribution is 2.34. The van der Waals surface area contributed by atoms with Crippen LogP contribution in [-0.4, -0.2) is 51.5 Å². The first kappa shape index (κ1) is 22.6. The van der Waals surface area contributed by atoms with Gasteiger partial charge in [-0.1, -0.05) is 41.2 Å². The van der Waals surface area contributed by atoms with Crippen molar-refractivity contribution in [3.63, 3.8) is 0 Å². The van der Waals surface area contributed by atoms with E-state index < -0.39 is 20.9 Å². The highest BCUT2D eigenvalue weighted by molar-refractivity contribution is 6.68. The van der Waals surface area contributed by atoms with Crippen molar-refractivity contribution in [2.24, 2.45) is 5.92 Å². The van der Waals surface area contributed by atoms with Crippen LogP contribution in [0.5, 0.6) is 0 Å². The summed E-state index contributed by atoms with van der Waals surface area (Å²) in [5.41, 5.74) is 0.111. The van der Waals surface area contributed by atoms with E-state index in [2.05, 4.69) is 10.2 Å². The van der Waals surface area contributed by atoms with Gasteiger partial charge in [0, 0.05) is 23.7 Å². The lowest BCUT2D eigenvalue weighted by Gasteiger charge is -2.44. The maximum Gasteiger partial charge on any atom is 0.269 e. The lowest BCUT2D eigenvalue weighted by Crippen LogP contribution is -2.51. The van der Waals surface area contributed by atoms with Gasteiger partial charge >= 0.3 is 0 Å². The minimum absolute atomic E-state index is 0.106. The number of piperidine rings is 2. The number of nitrogens with zero attached hydrogens (tertiary/aromatic N) is 2. The van der Waals surface area contributed by atoms with Gasteiger partial charge in [0.2, 0.25) is 3.79 Å². The summed E-state index contributed by atoms with van der Waals surface area (Å²) in [5, 5.41) is 13.3. The number of nitrogens with one attached hydrogen (secondary N) is 1. The SMILES string of the molecule is O=C(N[C@H](OC[C@@H]1CCCN2CCCC[C@@H]12)C(Cl)(Cl)Cl)c1ccc([N+](=O)[O-])cc1. The van der Waals surface area contributed by atoms with E-state index in [0.29, 0.717) is 18.6 Å². The molecule has 2 saturated heterocycles. The number of hydrogen-bond donors (Lipinski definition) is 1. The van der Waals surface area contributed by atoms with Crippen molar-refractivity contribution >= 4 is 46.4 Å². The molecule has 1 amide bonds. The zero-order chi connectivity index (χ0) is 21.0. The molecular formula is C19H24Cl3N3O4. The van der Waals surface area contributed by atoms with Crippen LogP contribution in [-0.2, 0) is 4.74 Å². The zero-order valence-corrected chi connectivity index (χ0v) is 18.1. The lowest BCUT2D eigenvalue weighted by atomic mass is 9.84. The van der Waals surface area contributed by atoms with E-state index >= 15 is 0 Å². The van der Waals surface area contributed by atoms with E-state index in [-0.39, 0.29) is 11.3 Å². The van der Waals surface area contributed by atoms with E-state index in [0.717, 1.165) is 32.4 Å². The monoisotopic (exact) mass is 463 g/mol. The van der Waals surface area contributed by atoms with Crippen LogP contribution >= 0.6 is 34.8 Å². The first-order valence-corrected chi connectivity index (χ1v) is 10.9. The van der Waals surface area contributed by atoms with Crippen LogP contribution in [0.15, 0.2) is 24.3 Å². The first-order chi connectivity index (χ1) is 13.8. The average molecular weight is 465 g/mol. The maximum atomic E-state index is 12.5. The van der Waals surface area contributed by atoms with Gasteiger partial charge in [0.1, 0.15) is 0 Å². The van der Waals surface area contributed by atoms with Gasteiger partial charge in [-0.25, -0.2) is 0 Å². The molecule has 0 saturated carbocycles. The third-order valence-corrected chi connectivity index (χ3v) is 6.20. The van der Waals surface area contributed by atoms with Gasteiger partial charge in [-0.05, 0) is 56.8 Å². The van der Waals surface area contributed by atoms with Crippen molar-refractivity contribution in [1.29, 1.82) is 0 Å². The molecule has 2 heterocycles. The number of halogens is 3. The van der Waals surface area contributed by atoms with Crippen molar-refractivity contribution in [2.45, 2.75) is 48.2 Å². The van der Waals surface area contributed by atoms with Crippen LogP contribution in [0.4, 0.5) is 5.69 Å². The summed E-state index contributed by atoms with van der Waals surface area (Å²) in [6.45, 7) is 2.62. The summed E-state index contributed by atoms with van der Waals surface area (Å²) >= 11 is 18.1. The Kier molecular flexibility index (Phi) is 7.62. The van der Waals surface area contributed by atoms with Gasteiger partial charge in [0.15, 0.2) is 6.23 Å². The number of hydrogen-bond acceptors (Lipinski definition) is 5. The number of alkyl halides is 3. The second-order valence-corrected chi connectivity index (χ2v) is 9.90. The summed E-state index contributed by atoms with van der Waals surface area (Å²) in [6, 6.07) is 5.67. The Bertz CT molecular complexity index is 724. The second-order valence-electron chi connectivity index (χ2n) is 7.53. The fourth-order valence-electron chi connectivity index (χ4n) is 4.15. The Morgan fingerprint density at radius 1 is 1.21 bits per heavy atom. The molecule has 1 aromatic carbocycles. The minimum atomic E-state index is -1.85. The maximum absolute atomic E-state index is 12.5.